The Bertz CT molecular complexity index is 1500. The number of aliphatic hydroxyl groups is 3. The summed E-state index contributed by atoms with van der Waals surface area (Å²) < 4.78 is 0. The van der Waals surface area contributed by atoms with Crippen LogP contribution in [0.3, 0.4) is 0 Å². The molecular weight excluding hydrogens is 805 g/mol. The van der Waals surface area contributed by atoms with Crippen LogP contribution in [-0.2, 0) is 43.2 Å². The number of carboxylic acids is 1. The van der Waals surface area contributed by atoms with Crippen LogP contribution < -0.4 is 60.2 Å². The molecule has 0 radical (unpaired) electrons. The maximum atomic E-state index is 13.3. The Hall–Kier alpha value is -5.31. The highest BCUT2D eigenvalue weighted by Gasteiger charge is 2.34. The maximum absolute atomic E-state index is 13.3. The molecule has 19 N–H and O–H groups in total. The monoisotopic (exact) mass is 864 g/mol. The first kappa shape index (κ1) is 53.7. The zero-order valence-electron chi connectivity index (χ0n) is 33.6. The number of primary amides is 1. The van der Waals surface area contributed by atoms with Crippen LogP contribution in [0.2, 0.25) is 0 Å². The van der Waals surface area contributed by atoms with Gasteiger partial charge in [-0.15, -0.1) is 0 Å². The highest BCUT2D eigenvalue weighted by atomic mass is 32.2. The van der Waals surface area contributed by atoms with E-state index in [9.17, 15) is 63.6 Å². The van der Waals surface area contributed by atoms with Crippen LogP contribution in [0.5, 0.6) is 0 Å². The van der Waals surface area contributed by atoms with E-state index in [2.05, 4.69) is 36.9 Å². The van der Waals surface area contributed by atoms with Gasteiger partial charge < -0.3 is 80.6 Å². The number of nitrogens with two attached hydrogens (primary N) is 4. The second kappa shape index (κ2) is 27.4. The van der Waals surface area contributed by atoms with Gasteiger partial charge >= 0.3 is 5.97 Å². The van der Waals surface area contributed by atoms with E-state index in [0.717, 1.165) is 6.92 Å². The number of hydrogen-bond acceptors (Lipinski definition) is 15. The lowest BCUT2D eigenvalue weighted by Gasteiger charge is -2.26. The molecule has 0 rings (SSSR count). The van der Waals surface area contributed by atoms with E-state index >= 15 is 0 Å². The Balaban J connectivity index is 5.91. The standard InChI is InChI=1S/C33H60N12O13S/c1-14(2)23(35)30(55)44-24(15(3)47)31(56)42-17(7-6-9-38-33(36)37)26(51)39-12-22(50)40-20(13-46)29(54)41-18(8-10-59-5)27(52)43-19(11-21(34)49)28(53)45-25(16(4)48)32(57)58/h14-20,23-25,46-48H,6-13,35H2,1-5H3,(H2,34,49)(H,39,51)(H,40,50)(H,41,54)(H,42,56)(H,43,52)(H,44,55)(H,45,53)(H,57,58)(H4,36,37,38)/t15-,16-,17+,18+,19+,20+,23+,24+,25+/m1/s1. The number of thioether (sulfide) groups is 1. The fourth-order valence-corrected chi connectivity index (χ4v) is 5.29. The molecule has 0 heterocycles. The molecule has 0 aliphatic carbocycles. The highest BCUT2D eigenvalue weighted by Crippen LogP contribution is 2.06. The number of carbonyl (C=O) groups excluding carboxylic acids is 8. The first-order valence-electron chi connectivity index (χ1n) is 18.3. The van der Waals surface area contributed by atoms with Crippen molar-refractivity contribution in [1.82, 2.24) is 37.2 Å². The number of carbonyl (C=O) groups is 9. The van der Waals surface area contributed by atoms with Crippen LogP contribution in [0.1, 0.15) is 53.4 Å². The molecule has 0 spiro atoms. The number of aliphatic imine (C=N–C) groups is 1. The Morgan fingerprint density at radius 3 is 1.66 bits per heavy atom. The minimum absolute atomic E-state index is 0.0404. The molecule has 59 heavy (non-hydrogen) atoms. The summed E-state index contributed by atoms with van der Waals surface area (Å²) in [6.45, 7) is 3.90. The van der Waals surface area contributed by atoms with Gasteiger partial charge in [-0.05, 0) is 51.0 Å². The van der Waals surface area contributed by atoms with Crippen molar-refractivity contribution in [2.45, 2.75) is 108 Å². The van der Waals surface area contributed by atoms with E-state index in [4.69, 9.17) is 22.9 Å². The van der Waals surface area contributed by atoms with Crippen molar-refractivity contribution in [1.29, 1.82) is 0 Å². The molecule has 0 aromatic rings. The molecule has 0 saturated heterocycles. The van der Waals surface area contributed by atoms with Crippen LogP contribution in [0, 0.1) is 5.92 Å². The van der Waals surface area contributed by atoms with Crippen LogP contribution in [0.15, 0.2) is 4.99 Å². The summed E-state index contributed by atoms with van der Waals surface area (Å²) in [5.74, 6) is -9.86. The molecule has 0 saturated carbocycles. The summed E-state index contributed by atoms with van der Waals surface area (Å²) in [6, 6.07) is -10.6. The molecule has 0 fully saturated rings. The predicted octanol–water partition coefficient (Wildman–Crippen LogP) is -7.48. The van der Waals surface area contributed by atoms with Crippen molar-refractivity contribution in [3.05, 3.63) is 0 Å². The zero-order valence-corrected chi connectivity index (χ0v) is 34.4. The van der Waals surface area contributed by atoms with E-state index < -0.39 is 127 Å². The van der Waals surface area contributed by atoms with Crippen LogP contribution in [-0.4, -0.2) is 166 Å². The Kier molecular flexibility index (Phi) is 24.9. The van der Waals surface area contributed by atoms with Gasteiger partial charge in [0.1, 0.15) is 30.2 Å². The molecule has 26 heteroatoms. The van der Waals surface area contributed by atoms with Gasteiger partial charge in [0.15, 0.2) is 12.0 Å². The minimum atomic E-state index is -1.81. The van der Waals surface area contributed by atoms with Crippen LogP contribution in [0.4, 0.5) is 0 Å². The third kappa shape index (κ3) is 20.8. The van der Waals surface area contributed by atoms with Crippen LogP contribution in [0.25, 0.3) is 0 Å². The highest BCUT2D eigenvalue weighted by molar-refractivity contribution is 7.98. The van der Waals surface area contributed by atoms with Crippen molar-refractivity contribution >= 4 is 70.9 Å². The van der Waals surface area contributed by atoms with E-state index in [1.54, 1.807) is 20.1 Å². The number of nitrogens with one attached hydrogen (secondary N) is 7. The summed E-state index contributed by atoms with van der Waals surface area (Å²) in [4.78, 5) is 118. The second-order valence-electron chi connectivity index (χ2n) is 13.7. The molecule has 25 nitrogen and oxygen atoms in total. The number of guanidine groups is 1. The molecule has 336 valence electrons. The molecular formula is C33H60N12O13S. The van der Waals surface area contributed by atoms with Gasteiger partial charge in [0.25, 0.3) is 0 Å². The van der Waals surface area contributed by atoms with Gasteiger partial charge in [-0.2, -0.15) is 11.8 Å². The summed E-state index contributed by atoms with van der Waals surface area (Å²) in [5, 5.41) is 55.0. The third-order valence-corrected chi connectivity index (χ3v) is 8.89. The number of amides is 8. The van der Waals surface area contributed by atoms with Gasteiger partial charge in [-0.25, -0.2) is 4.79 Å². The lowest BCUT2D eigenvalue weighted by Crippen LogP contribution is -2.60. The normalized spacial score (nSPS) is 15.6. The van der Waals surface area contributed by atoms with Gasteiger partial charge in [0, 0.05) is 6.54 Å². The molecule has 0 aliphatic heterocycles. The fraction of sp³-hybridized carbons (Fsp3) is 0.697. The quantitative estimate of drug-likeness (QED) is 0.0197. The van der Waals surface area contributed by atoms with Crippen LogP contribution >= 0.6 is 11.8 Å². The van der Waals surface area contributed by atoms with Crippen molar-refractivity contribution in [3.8, 4) is 0 Å². The number of hydrogen-bond donors (Lipinski definition) is 15. The number of aliphatic carboxylic acids is 1. The van der Waals surface area contributed by atoms with Crippen molar-refractivity contribution in [3.63, 3.8) is 0 Å². The van der Waals surface area contributed by atoms with Crippen molar-refractivity contribution in [2.24, 2.45) is 33.8 Å². The topological polar surface area (TPSA) is 435 Å². The Morgan fingerprint density at radius 2 is 1.17 bits per heavy atom. The Labute approximate surface area is 344 Å². The molecule has 0 aromatic heterocycles. The fourth-order valence-electron chi connectivity index (χ4n) is 4.82. The van der Waals surface area contributed by atoms with Gasteiger partial charge in [0.2, 0.25) is 47.3 Å². The first-order valence-corrected chi connectivity index (χ1v) is 19.7. The largest absolute Gasteiger partial charge is 0.480 e. The first-order chi connectivity index (χ1) is 27.5. The predicted molar refractivity (Wildman–Crippen MR) is 212 cm³/mol. The van der Waals surface area contributed by atoms with Gasteiger partial charge in [0.05, 0.1) is 37.8 Å². The van der Waals surface area contributed by atoms with Crippen molar-refractivity contribution in [2.75, 3.05) is 31.7 Å². The SMILES string of the molecule is CSCC[C@H](NC(=O)[C@H](CO)NC(=O)CNC(=O)[C@H](CCCN=C(N)N)NC(=O)[C@@H](NC(=O)[C@@H](N)C(C)C)[C@@H](C)O)C(=O)N[C@@H](CC(N)=O)C(=O)N[C@H](C(=O)O)[C@@H](C)O. The number of rotatable bonds is 28. The molecule has 0 unspecified atom stereocenters. The number of aliphatic hydroxyl groups excluding tert-OH is 3. The summed E-state index contributed by atoms with van der Waals surface area (Å²) in [6.07, 6.45) is -2.13. The second-order valence-corrected chi connectivity index (χ2v) is 14.7. The van der Waals surface area contributed by atoms with E-state index in [0.29, 0.717) is 0 Å². The van der Waals surface area contributed by atoms with Gasteiger partial charge in [-0.1, -0.05) is 13.8 Å². The minimum Gasteiger partial charge on any atom is -0.480 e. The lowest BCUT2D eigenvalue weighted by molar-refractivity contribution is -0.145. The van der Waals surface area contributed by atoms with Gasteiger partial charge in [-0.3, -0.25) is 43.3 Å². The molecule has 0 aromatic carbocycles. The smallest absolute Gasteiger partial charge is 0.328 e. The van der Waals surface area contributed by atoms with E-state index in [-0.39, 0.29) is 43.4 Å². The number of nitrogens with zero attached hydrogens (tertiary/aromatic N) is 1. The average molecular weight is 865 g/mol. The lowest BCUT2D eigenvalue weighted by atomic mass is 10.0. The summed E-state index contributed by atoms with van der Waals surface area (Å²) in [5.41, 5.74) is 21.7. The van der Waals surface area contributed by atoms with Crippen molar-refractivity contribution < 1.29 is 63.6 Å². The molecule has 0 aliphatic rings. The van der Waals surface area contributed by atoms with E-state index in [1.165, 1.54) is 18.7 Å². The zero-order chi connectivity index (χ0) is 45.6. The third-order valence-electron chi connectivity index (χ3n) is 8.25. The molecule has 8 amide bonds. The summed E-state index contributed by atoms with van der Waals surface area (Å²) in [7, 11) is 0. The van der Waals surface area contributed by atoms with E-state index in [1.807, 2.05) is 5.32 Å². The Morgan fingerprint density at radius 1 is 0.661 bits per heavy atom. The maximum Gasteiger partial charge on any atom is 0.328 e. The summed E-state index contributed by atoms with van der Waals surface area (Å²) >= 11 is 1.26. The molecule has 9 atom stereocenters. The average Bonchev–Trinajstić information content (AvgIpc) is 3.14. The number of carboxylic acid groups (broad SMARTS) is 1. The molecule has 0 bridgehead atoms.